The third-order valence-corrected chi connectivity index (χ3v) is 6.63. The van der Waals surface area contributed by atoms with Gasteiger partial charge < -0.3 is 0 Å². The highest BCUT2D eigenvalue weighted by atomic mass is 31.2. The van der Waals surface area contributed by atoms with Crippen LogP contribution in [0.15, 0.2) is 0 Å². The van der Waals surface area contributed by atoms with Crippen LogP contribution < -0.4 is 5.84 Å². The van der Waals surface area contributed by atoms with Crippen molar-refractivity contribution in [3.63, 3.8) is 0 Å². The van der Waals surface area contributed by atoms with Gasteiger partial charge >= 0.3 is 27.5 Å². The van der Waals surface area contributed by atoms with E-state index in [0.29, 0.717) is 6.54 Å². The average Bonchev–Trinajstić information content (AvgIpc) is 2.61. The molecular formula is C6H9N3O8P2. The van der Waals surface area contributed by atoms with Gasteiger partial charge in [0, 0.05) is 6.54 Å². The van der Waals surface area contributed by atoms with E-state index in [1.807, 2.05) is 6.92 Å². The molecule has 3 spiro atoms. The fourth-order valence-corrected chi connectivity index (χ4v) is 6.34. The van der Waals surface area contributed by atoms with Gasteiger partial charge in [0.05, 0.1) is 6.54 Å². The topological polar surface area (TPSA) is 122 Å². The predicted molar refractivity (Wildman–Crippen MR) is 53.2 cm³/mol. The van der Waals surface area contributed by atoms with Gasteiger partial charge in [-0.05, 0) is 0 Å². The van der Waals surface area contributed by atoms with Crippen molar-refractivity contribution in [3.8, 4) is 0 Å². The zero-order valence-electron chi connectivity index (χ0n) is 9.55. The van der Waals surface area contributed by atoms with Crippen LogP contribution >= 0.6 is 15.6 Å². The van der Waals surface area contributed by atoms with Crippen LogP contribution in [-0.2, 0) is 36.3 Å². The zero-order chi connectivity index (χ0) is 13.3. The molecule has 106 valence electrons. The number of hydrogen-bond acceptors (Lipinski definition) is 11. The van der Waals surface area contributed by atoms with Crippen molar-refractivity contribution in [2.45, 2.75) is 24.7 Å². The average molecular weight is 313 g/mol. The van der Waals surface area contributed by atoms with Crippen LogP contribution in [0.25, 0.3) is 0 Å². The maximum Gasteiger partial charge on any atom is 0.486 e. The molecule has 7 rings (SSSR count). The Balaban J connectivity index is 1.74. The maximum atomic E-state index is 12.0. The van der Waals surface area contributed by atoms with E-state index in [-0.39, 0.29) is 6.54 Å². The van der Waals surface area contributed by atoms with Crippen molar-refractivity contribution in [1.29, 1.82) is 0 Å². The summed E-state index contributed by atoms with van der Waals surface area (Å²) in [6.45, 7) is 2.33. The van der Waals surface area contributed by atoms with Gasteiger partial charge in [0.25, 0.3) is 5.91 Å². The summed E-state index contributed by atoms with van der Waals surface area (Å²) >= 11 is 0. The summed E-state index contributed by atoms with van der Waals surface area (Å²) in [5.41, 5.74) is 0. The first-order valence-corrected chi connectivity index (χ1v) is 8.48. The quantitative estimate of drug-likeness (QED) is 0.512. The Labute approximate surface area is 106 Å². The zero-order valence-corrected chi connectivity index (χ0v) is 11.3. The summed E-state index contributed by atoms with van der Waals surface area (Å²) in [5, 5.41) is 0.929. The summed E-state index contributed by atoms with van der Waals surface area (Å²) in [5.74, 6) is 0.884. The van der Waals surface area contributed by atoms with Gasteiger partial charge in [0.1, 0.15) is 0 Å². The van der Waals surface area contributed by atoms with Crippen molar-refractivity contribution in [2.75, 3.05) is 13.1 Å². The van der Waals surface area contributed by atoms with Crippen LogP contribution in [-0.4, -0.2) is 40.7 Å². The number of likely N-dealkylation sites (N-methyl/N-ethyl adjacent to an activating group) is 1. The standard InChI is InChI=1S/C6H9N3O8P2/c1-2-8-3-4-9(7)6(16-18(10,12-4)13-4)5(8)14-19(11,15-5)17-6/h2-3,7H2,1H3. The van der Waals surface area contributed by atoms with Gasteiger partial charge in [0.15, 0.2) is 0 Å². The fraction of sp³-hybridized carbons (Fsp3) is 1.00. The van der Waals surface area contributed by atoms with Crippen LogP contribution in [0.3, 0.4) is 0 Å². The largest absolute Gasteiger partial charge is 0.486 e. The number of piperazine rings is 1. The number of hydrogen-bond donors (Lipinski definition) is 1. The third kappa shape index (κ3) is 0.955. The number of rotatable bonds is 1. The number of nitrogens with two attached hydrogens (primary N) is 1. The Morgan fingerprint density at radius 3 is 2.16 bits per heavy atom. The lowest BCUT2D eigenvalue weighted by atomic mass is 10.1. The van der Waals surface area contributed by atoms with Crippen LogP contribution in [0.2, 0.25) is 0 Å². The molecule has 0 radical (unpaired) electrons. The predicted octanol–water partition coefficient (Wildman–Crippen LogP) is -0.171. The van der Waals surface area contributed by atoms with Gasteiger partial charge in [-0.2, -0.15) is 0 Å². The smallest absolute Gasteiger partial charge is 0.259 e. The van der Waals surface area contributed by atoms with Crippen molar-refractivity contribution in [2.24, 2.45) is 5.84 Å². The fourth-order valence-electron chi connectivity index (χ4n) is 2.96. The van der Waals surface area contributed by atoms with E-state index in [9.17, 15) is 9.13 Å². The minimum absolute atomic E-state index is 0.0818. The van der Waals surface area contributed by atoms with Crippen molar-refractivity contribution < 1.29 is 36.3 Å². The third-order valence-electron chi connectivity index (χ3n) is 3.72. The van der Waals surface area contributed by atoms with Gasteiger partial charge in [-0.3, -0.25) is 5.84 Å². The number of nitrogens with zero attached hydrogens (tertiary/aromatic N) is 2. The second-order valence-corrected chi connectivity index (χ2v) is 7.59. The van der Waals surface area contributed by atoms with E-state index >= 15 is 0 Å². The van der Waals surface area contributed by atoms with E-state index in [1.54, 1.807) is 4.90 Å². The Morgan fingerprint density at radius 1 is 1.05 bits per heavy atom. The van der Waals surface area contributed by atoms with E-state index in [0.717, 1.165) is 5.01 Å². The molecule has 0 saturated carbocycles. The minimum Gasteiger partial charge on any atom is -0.259 e. The van der Waals surface area contributed by atoms with Crippen LogP contribution in [0.5, 0.6) is 0 Å². The lowest BCUT2D eigenvalue weighted by molar-refractivity contribution is -0.524. The molecule has 2 N–H and O–H groups in total. The van der Waals surface area contributed by atoms with Gasteiger partial charge in [-0.15, -0.1) is 5.01 Å². The molecular weight excluding hydrogens is 304 g/mol. The van der Waals surface area contributed by atoms with Crippen molar-refractivity contribution in [1.82, 2.24) is 9.91 Å². The van der Waals surface area contributed by atoms with Crippen molar-refractivity contribution in [3.05, 3.63) is 0 Å². The molecule has 7 heterocycles. The highest BCUT2D eigenvalue weighted by Crippen LogP contribution is 2.87. The Bertz CT molecular complexity index is 591. The molecule has 19 heavy (non-hydrogen) atoms. The first kappa shape index (κ1) is 11.7. The Kier molecular flexibility index (Phi) is 1.68. The summed E-state index contributed by atoms with van der Waals surface area (Å²) in [6.07, 6.45) is 0. The molecule has 0 aromatic rings. The number of phosphoric acid groups is 2. The summed E-state index contributed by atoms with van der Waals surface area (Å²) in [4.78, 5) is 1.60. The van der Waals surface area contributed by atoms with Gasteiger partial charge in [0.2, 0.25) is 0 Å². The molecule has 13 heteroatoms. The molecule has 7 aliphatic rings. The van der Waals surface area contributed by atoms with E-state index in [2.05, 4.69) is 0 Å². The minimum atomic E-state index is -3.78. The second-order valence-electron chi connectivity index (χ2n) is 4.70. The SMILES string of the molecule is CCN1CC23OP(=O)(O2)OC2(OP4(=O)OC12O4)N3N. The first-order valence-electron chi connectivity index (χ1n) is 5.56. The molecule has 7 saturated heterocycles. The van der Waals surface area contributed by atoms with Gasteiger partial charge in [-0.25, -0.2) is 41.2 Å². The first-order chi connectivity index (χ1) is 8.81. The lowest BCUT2D eigenvalue weighted by Gasteiger charge is -2.66. The summed E-state index contributed by atoms with van der Waals surface area (Å²) in [6, 6.07) is 0. The molecule has 11 nitrogen and oxygen atoms in total. The maximum absolute atomic E-state index is 12.0. The molecule has 7 fully saturated rings. The van der Waals surface area contributed by atoms with Crippen LogP contribution in [0.4, 0.5) is 0 Å². The highest BCUT2D eigenvalue weighted by Gasteiger charge is 2.95. The number of hydrazine groups is 1. The Morgan fingerprint density at radius 2 is 1.58 bits per heavy atom. The van der Waals surface area contributed by atoms with Gasteiger partial charge in [-0.1, -0.05) is 6.92 Å². The molecule has 1 atom stereocenters. The Hall–Kier alpha value is 0.1000. The van der Waals surface area contributed by atoms with Crippen LogP contribution in [0, 0.1) is 0 Å². The molecule has 5 bridgehead atoms. The highest BCUT2D eigenvalue weighted by molar-refractivity contribution is 7.51. The molecule has 0 aliphatic carbocycles. The van der Waals surface area contributed by atoms with Crippen molar-refractivity contribution >= 4 is 15.6 Å². The van der Waals surface area contributed by atoms with E-state index < -0.39 is 33.4 Å². The summed E-state index contributed by atoms with van der Waals surface area (Å²) in [7, 11) is -7.52. The molecule has 7 aliphatic heterocycles. The normalized spacial score (nSPS) is 66.2. The second kappa shape index (κ2) is 2.72. The molecule has 0 amide bonds. The van der Waals surface area contributed by atoms with E-state index in [1.165, 1.54) is 0 Å². The molecule has 0 aromatic heterocycles. The van der Waals surface area contributed by atoms with Crippen LogP contribution in [0.1, 0.15) is 6.92 Å². The van der Waals surface area contributed by atoms with E-state index in [4.69, 9.17) is 33.0 Å². The lowest BCUT2D eigenvalue weighted by Crippen LogP contribution is -2.89. The monoisotopic (exact) mass is 313 g/mol. The molecule has 1 unspecified atom stereocenters. The molecule has 0 aromatic carbocycles. The summed E-state index contributed by atoms with van der Waals surface area (Å²) < 4.78 is 55.1. The number of phosphoric ester groups is 2.